The number of esters is 3. The first-order chi connectivity index (χ1) is 31.0. The Bertz CT molecular complexity index is 978. The summed E-state index contributed by atoms with van der Waals surface area (Å²) in [7, 11) is 0. The number of rotatable bonds is 52. The number of carbonyl (C=O) groups is 3. The quantitative estimate of drug-likeness (QED) is 0.0262. The van der Waals surface area contributed by atoms with Crippen LogP contribution in [0, 0.1) is 0 Å². The lowest BCUT2D eigenvalue weighted by Crippen LogP contribution is -2.30. The van der Waals surface area contributed by atoms with Crippen LogP contribution in [0.5, 0.6) is 0 Å². The topological polar surface area (TPSA) is 78.9 Å². The second-order valence-corrected chi connectivity index (χ2v) is 19.2. The minimum absolute atomic E-state index is 0.0648. The molecule has 0 aromatic heterocycles. The maximum Gasteiger partial charge on any atom is 0.306 e. The van der Waals surface area contributed by atoms with Crippen molar-refractivity contribution in [1.29, 1.82) is 0 Å². The molecule has 0 aromatic rings. The molecule has 0 rings (SSSR count). The minimum atomic E-state index is -0.761. The Morgan fingerprint density at radius 3 is 0.794 bits per heavy atom. The number of carbonyl (C=O) groups excluding carboxylic acids is 3. The fourth-order valence-electron chi connectivity index (χ4n) is 8.50. The summed E-state index contributed by atoms with van der Waals surface area (Å²) in [6.45, 7) is 6.64. The van der Waals surface area contributed by atoms with Gasteiger partial charge in [-0.05, 0) is 44.9 Å². The molecule has 0 aliphatic carbocycles. The van der Waals surface area contributed by atoms with Crippen molar-refractivity contribution in [1.82, 2.24) is 0 Å². The van der Waals surface area contributed by atoms with Crippen molar-refractivity contribution < 1.29 is 28.6 Å². The molecule has 0 bridgehead atoms. The molecule has 0 spiro atoms. The van der Waals surface area contributed by atoms with Crippen LogP contribution >= 0.6 is 0 Å². The normalized spacial score (nSPS) is 12.0. The molecule has 0 saturated heterocycles. The highest BCUT2D eigenvalue weighted by Crippen LogP contribution is 2.17. The Morgan fingerprint density at radius 2 is 0.524 bits per heavy atom. The highest BCUT2D eigenvalue weighted by Gasteiger charge is 2.19. The predicted octanol–water partition coefficient (Wildman–Crippen LogP) is 18.5. The Kier molecular flexibility index (Phi) is 51.2. The predicted molar refractivity (Wildman–Crippen MR) is 270 cm³/mol. The minimum Gasteiger partial charge on any atom is -0.462 e. The van der Waals surface area contributed by atoms with Gasteiger partial charge < -0.3 is 14.2 Å². The van der Waals surface area contributed by atoms with Crippen molar-refractivity contribution in [2.75, 3.05) is 13.2 Å². The van der Waals surface area contributed by atoms with Crippen LogP contribution in [0.2, 0.25) is 0 Å². The van der Waals surface area contributed by atoms with E-state index in [1.54, 1.807) is 0 Å². The van der Waals surface area contributed by atoms with Gasteiger partial charge in [0.15, 0.2) is 6.10 Å². The van der Waals surface area contributed by atoms with Gasteiger partial charge in [-0.15, -0.1) is 0 Å². The lowest BCUT2D eigenvalue weighted by molar-refractivity contribution is -0.167. The van der Waals surface area contributed by atoms with Crippen LogP contribution in [0.1, 0.15) is 316 Å². The van der Waals surface area contributed by atoms with E-state index in [9.17, 15) is 14.4 Å². The molecule has 0 fully saturated rings. The Morgan fingerprint density at radius 1 is 0.302 bits per heavy atom. The SMILES string of the molecule is CCCCCCCCCC/C=C\CCCCCCCCCCCCCCCC(=O)OCC(COC(=O)CCCCCCCCC)OC(=O)CCCCCCCCCCCCCCC. The molecule has 6 heteroatoms. The number of unbranched alkanes of at least 4 members (excludes halogenated alkanes) is 39. The van der Waals surface area contributed by atoms with Gasteiger partial charge in [-0.2, -0.15) is 0 Å². The highest BCUT2D eigenvalue weighted by atomic mass is 16.6. The van der Waals surface area contributed by atoms with Gasteiger partial charge >= 0.3 is 17.9 Å². The second kappa shape index (κ2) is 52.8. The van der Waals surface area contributed by atoms with Crippen molar-refractivity contribution >= 4 is 17.9 Å². The van der Waals surface area contributed by atoms with Crippen molar-refractivity contribution in [2.24, 2.45) is 0 Å². The zero-order valence-corrected chi connectivity index (χ0v) is 42.6. The third kappa shape index (κ3) is 51.0. The molecule has 0 amide bonds. The van der Waals surface area contributed by atoms with Gasteiger partial charge in [-0.1, -0.05) is 264 Å². The third-order valence-corrected chi connectivity index (χ3v) is 12.8. The summed E-state index contributed by atoms with van der Waals surface area (Å²) in [5, 5.41) is 0. The van der Waals surface area contributed by atoms with Crippen LogP contribution in [-0.2, 0) is 28.6 Å². The first-order valence-electron chi connectivity index (χ1n) is 28.2. The van der Waals surface area contributed by atoms with E-state index in [2.05, 4.69) is 32.9 Å². The first kappa shape index (κ1) is 61.1. The van der Waals surface area contributed by atoms with Crippen molar-refractivity contribution in [3.05, 3.63) is 12.2 Å². The monoisotopic (exact) mass is 889 g/mol. The fourth-order valence-corrected chi connectivity index (χ4v) is 8.50. The summed E-state index contributed by atoms with van der Waals surface area (Å²) < 4.78 is 16.8. The van der Waals surface area contributed by atoms with Crippen LogP contribution in [-0.4, -0.2) is 37.2 Å². The summed E-state index contributed by atoms with van der Waals surface area (Å²) in [6, 6.07) is 0. The summed E-state index contributed by atoms with van der Waals surface area (Å²) in [6.07, 6.45) is 59.5. The van der Waals surface area contributed by atoms with Crippen LogP contribution in [0.4, 0.5) is 0 Å². The van der Waals surface area contributed by atoms with Gasteiger partial charge in [-0.3, -0.25) is 14.4 Å². The standard InChI is InChI=1S/C57H108O6/c1-4-7-10-13-16-18-20-22-23-24-25-26-27-28-29-30-31-32-33-35-36-38-41-44-47-50-56(59)62-53-54(52-61-55(58)49-46-43-40-15-12-9-6-3)63-57(60)51-48-45-42-39-37-34-21-19-17-14-11-8-5-2/h24-25,54H,4-23,26-53H2,1-3H3/b25-24-. The molecule has 0 saturated carbocycles. The van der Waals surface area contributed by atoms with Gasteiger partial charge in [0.05, 0.1) is 0 Å². The number of ether oxygens (including phenoxy) is 3. The van der Waals surface area contributed by atoms with E-state index >= 15 is 0 Å². The molecule has 1 unspecified atom stereocenters. The summed E-state index contributed by atoms with van der Waals surface area (Å²) in [5.41, 5.74) is 0. The lowest BCUT2D eigenvalue weighted by Gasteiger charge is -2.18. The van der Waals surface area contributed by atoms with Crippen LogP contribution in [0.15, 0.2) is 12.2 Å². The summed E-state index contributed by atoms with van der Waals surface area (Å²) >= 11 is 0. The molecule has 0 heterocycles. The van der Waals surface area contributed by atoms with Gasteiger partial charge in [0.25, 0.3) is 0 Å². The van der Waals surface area contributed by atoms with E-state index in [0.717, 1.165) is 57.8 Å². The smallest absolute Gasteiger partial charge is 0.306 e. The highest BCUT2D eigenvalue weighted by molar-refractivity contribution is 5.71. The molecule has 0 radical (unpaired) electrons. The van der Waals surface area contributed by atoms with Crippen LogP contribution in [0.3, 0.4) is 0 Å². The number of allylic oxidation sites excluding steroid dienone is 2. The molecule has 372 valence electrons. The number of hydrogen-bond acceptors (Lipinski definition) is 6. The van der Waals surface area contributed by atoms with E-state index in [4.69, 9.17) is 14.2 Å². The molecule has 63 heavy (non-hydrogen) atoms. The van der Waals surface area contributed by atoms with Gasteiger partial charge in [-0.25, -0.2) is 0 Å². The summed E-state index contributed by atoms with van der Waals surface area (Å²) in [5.74, 6) is -0.853. The van der Waals surface area contributed by atoms with E-state index in [1.807, 2.05) is 0 Å². The zero-order chi connectivity index (χ0) is 45.8. The van der Waals surface area contributed by atoms with E-state index in [1.165, 1.54) is 218 Å². The molecule has 0 aliphatic heterocycles. The summed E-state index contributed by atoms with van der Waals surface area (Å²) in [4.78, 5) is 37.8. The maximum absolute atomic E-state index is 12.8. The second-order valence-electron chi connectivity index (χ2n) is 19.2. The third-order valence-electron chi connectivity index (χ3n) is 12.8. The van der Waals surface area contributed by atoms with Crippen LogP contribution < -0.4 is 0 Å². The van der Waals surface area contributed by atoms with E-state index in [0.29, 0.717) is 19.3 Å². The molecular formula is C57H108O6. The maximum atomic E-state index is 12.8. The van der Waals surface area contributed by atoms with E-state index in [-0.39, 0.29) is 31.1 Å². The van der Waals surface area contributed by atoms with Gasteiger partial charge in [0.1, 0.15) is 13.2 Å². The Hall–Kier alpha value is -1.85. The van der Waals surface area contributed by atoms with Gasteiger partial charge in [0, 0.05) is 19.3 Å². The van der Waals surface area contributed by atoms with E-state index < -0.39 is 6.10 Å². The molecule has 1 atom stereocenters. The van der Waals surface area contributed by atoms with Crippen molar-refractivity contribution in [3.63, 3.8) is 0 Å². The number of hydrogen-bond donors (Lipinski definition) is 0. The van der Waals surface area contributed by atoms with Crippen molar-refractivity contribution in [3.8, 4) is 0 Å². The average molecular weight is 889 g/mol. The largest absolute Gasteiger partial charge is 0.462 e. The zero-order valence-electron chi connectivity index (χ0n) is 42.6. The Labute approximate surface area is 392 Å². The van der Waals surface area contributed by atoms with Gasteiger partial charge in [0.2, 0.25) is 0 Å². The molecule has 0 aliphatic rings. The molecule has 6 nitrogen and oxygen atoms in total. The molecule has 0 N–H and O–H groups in total. The van der Waals surface area contributed by atoms with Crippen LogP contribution in [0.25, 0.3) is 0 Å². The molecular weight excluding hydrogens is 781 g/mol. The van der Waals surface area contributed by atoms with Crippen molar-refractivity contribution in [2.45, 2.75) is 322 Å². The fraction of sp³-hybridized carbons (Fsp3) is 0.912. The first-order valence-corrected chi connectivity index (χ1v) is 28.2. The average Bonchev–Trinajstić information content (AvgIpc) is 3.28. The lowest BCUT2D eigenvalue weighted by atomic mass is 10.0. The molecule has 0 aromatic carbocycles. The Balaban J connectivity index is 4.06.